The Hall–Kier alpha value is -8.14. The molecule has 10 aromatic rings. The molecule has 0 aliphatic carbocycles. The lowest BCUT2D eigenvalue weighted by Gasteiger charge is -2.33. The van der Waals surface area contributed by atoms with Crippen molar-refractivity contribution in [3.8, 4) is 90.1 Å². The lowest BCUT2D eigenvalue weighted by molar-refractivity contribution is 0.379. The van der Waals surface area contributed by atoms with E-state index in [1.54, 1.807) is 0 Å². The maximum atomic E-state index is 7.57. The molecule has 0 spiro atoms. The summed E-state index contributed by atoms with van der Waals surface area (Å²) in [6.45, 7) is 26.9. The van der Waals surface area contributed by atoms with Gasteiger partial charge in [-0.25, -0.2) is 0 Å². The van der Waals surface area contributed by atoms with Gasteiger partial charge in [0.25, 0.3) is 0 Å². The Kier molecular flexibility index (Phi) is 17.6. The number of hydrogen-bond donors (Lipinski definition) is 0. The Balaban J connectivity index is 1.15. The summed E-state index contributed by atoms with van der Waals surface area (Å²) in [6.07, 6.45) is 0. The predicted molar refractivity (Wildman–Crippen MR) is 352 cm³/mol. The fraction of sp³-hybridized carbons (Fsp3) is 0.211. The molecule has 0 saturated heterocycles. The quantitative estimate of drug-likeness (QED) is 0.0847. The van der Waals surface area contributed by atoms with E-state index in [4.69, 9.17) is 27.1 Å². The van der Waals surface area contributed by atoms with Crippen molar-refractivity contribution in [2.45, 2.75) is 105 Å². The fourth-order valence-electron chi connectivity index (χ4n) is 9.80. The van der Waals surface area contributed by atoms with Gasteiger partial charge in [-0.05, 0) is 138 Å². The lowest BCUT2D eigenvalue weighted by atomic mass is 9.75. The highest BCUT2D eigenvalue weighted by atomic mass is 31.2. The number of benzene rings is 10. The third kappa shape index (κ3) is 14.6. The van der Waals surface area contributed by atoms with E-state index < -0.39 is 28.0 Å². The molecule has 84 heavy (non-hydrogen) atoms. The van der Waals surface area contributed by atoms with Gasteiger partial charge in [-0.1, -0.05) is 265 Å². The molecule has 0 radical (unpaired) electrons. The minimum atomic E-state index is -2.20. The third-order valence-corrected chi connectivity index (χ3v) is 16.8. The number of rotatable bonds is 17. The summed E-state index contributed by atoms with van der Waals surface area (Å²) in [5.41, 5.74) is 13.2. The van der Waals surface area contributed by atoms with Crippen molar-refractivity contribution in [3.05, 3.63) is 265 Å². The molecule has 10 aromatic carbocycles. The van der Waals surface area contributed by atoms with Gasteiger partial charge in [-0.15, -0.1) is 0 Å². The van der Waals surface area contributed by atoms with Crippen LogP contribution in [0, 0.1) is 0 Å². The standard InChI is InChI=1S/C76H76O6P2/c1-73(2,3)61-49-67(71(69(51-61)75(7,8)9)81-83(77-63-41-33-57(34-42-63)53-25-17-13-18-26-53)78-64-43-35-58(36-44-64)54-27-19-14-20-28-54)68-50-62(74(4,5)6)52-70(76(10,11)12)72(68)82-84(79-65-45-37-59(38-46-65)55-29-21-15-22-30-55)80-66-47-39-60(40-48-66)56-31-23-16-24-32-56/h13-52H,1-12H3. The Morgan fingerprint density at radius 1 is 0.226 bits per heavy atom. The summed E-state index contributed by atoms with van der Waals surface area (Å²) in [4.78, 5) is 0. The highest BCUT2D eigenvalue weighted by molar-refractivity contribution is 7.43. The van der Waals surface area contributed by atoms with Crippen LogP contribution >= 0.6 is 17.2 Å². The highest BCUT2D eigenvalue weighted by Crippen LogP contribution is 2.56. The van der Waals surface area contributed by atoms with E-state index in [9.17, 15) is 0 Å². The normalized spacial score (nSPS) is 12.0. The summed E-state index contributed by atoms with van der Waals surface area (Å²) in [5, 5.41) is 0. The summed E-state index contributed by atoms with van der Waals surface area (Å²) in [6, 6.07) is 83.0. The molecule has 0 aliphatic heterocycles. The van der Waals surface area contributed by atoms with E-state index in [-0.39, 0.29) is 10.8 Å². The molecule has 0 fully saturated rings. The van der Waals surface area contributed by atoms with Crippen LogP contribution in [0.2, 0.25) is 0 Å². The van der Waals surface area contributed by atoms with Gasteiger partial charge in [0.2, 0.25) is 0 Å². The molecule has 0 saturated carbocycles. The van der Waals surface area contributed by atoms with E-state index in [0.717, 1.165) is 77.9 Å². The van der Waals surface area contributed by atoms with Crippen LogP contribution in [-0.4, -0.2) is 0 Å². The van der Waals surface area contributed by atoms with Gasteiger partial charge < -0.3 is 27.1 Å². The van der Waals surface area contributed by atoms with E-state index in [0.29, 0.717) is 34.5 Å². The van der Waals surface area contributed by atoms with Crippen LogP contribution in [0.5, 0.6) is 34.5 Å². The Morgan fingerprint density at radius 2 is 0.440 bits per heavy atom. The first kappa shape index (κ1) is 59.0. The van der Waals surface area contributed by atoms with Crippen LogP contribution in [0.3, 0.4) is 0 Å². The second kappa shape index (κ2) is 25.0. The molecule has 10 rings (SSSR count). The molecule has 0 N–H and O–H groups in total. The Morgan fingerprint density at radius 3 is 0.643 bits per heavy atom. The van der Waals surface area contributed by atoms with E-state index in [1.807, 2.05) is 121 Å². The molecule has 0 amide bonds. The van der Waals surface area contributed by atoms with Crippen LogP contribution < -0.4 is 27.1 Å². The first-order valence-corrected chi connectivity index (χ1v) is 31.0. The minimum absolute atomic E-state index is 0.280. The average Bonchev–Trinajstić information content (AvgIpc) is 1.68. The number of hydrogen-bond acceptors (Lipinski definition) is 6. The molecular formula is C76H76O6P2. The maximum absolute atomic E-state index is 7.57. The van der Waals surface area contributed by atoms with E-state index in [2.05, 4.69) is 204 Å². The van der Waals surface area contributed by atoms with Gasteiger partial charge in [0.1, 0.15) is 34.5 Å². The smallest absolute Gasteiger partial charge is 0.409 e. The molecule has 8 heteroatoms. The zero-order valence-corrected chi connectivity index (χ0v) is 52.2. The van der Waals surface area contributed by atoms with Crippen molar-refractivity contribution in [3.63, 3.8) is 0 Å². The molecule has 0 heterocycles. The summed E-state index contributed by atoms with van der Waals surface area (Å²) in [5.74, 6) is 3.67. The van der Waals surface area contributed by atoms with Crippen molar-refractivity contribution in [1.29, 1.82) is 0 Å². The monoisotopic (exact) mass is 1150 g/mol. The second-order valence-electron chi connectivity index (χ2n) is 25.4. The van der Waals surface area contributed by atoms with Crippen LogP contribution in [-0.2, 0) is 21.7 Å². The molecule has 0 atom stereocenters. The van der Waals surface area contributed by atoms with Gasteiger partial charge in [0, 0.05) is 22.3 Å². The first-order chi connectivity index (χ1) is 40.1. The van der Waals surface area contributed by atoms with Gasteiger partial charge >= 0.3 is 17.2 Å². The van der Waals surface area contributed by atoms with Gasteiger partial charge in [-0.3, -0.25) is 0 Å². The molecule has 0 aromatic heterocycles. The van der Waals surface area contributed by atoms with Gasteiger partial charge in [0.05, 0.1) is 0 Å². The third-order valence-electron chi connectivity index (χ3n) is 14.7. The highest BCUT2D eigenvalue weighted by Gasteiger charge is 2.36. The summed E-state index contributed by atoms with van der Waals surface area (Å²) in [7, 11) is -4.41. The SMILES string of the molecule is CC(C)(C)c1cc(-c2cc(C(C)(C)C)cc(C(C)(C)C)c2OP(Oc2ccc(-c3ccccc3)cc2)Oc2ccc(-c3ccccc3)cc2)c(OP(Oc2ccc(-c3ccccc3)cc2)Oc2ccc(-c3ccccc3)cc2)c(C(C)(C)C)c1. The zero-order chi connectivity index (χ0) is 59.2. The zero-order valence-electron chi connectivity index (χ0n) is 50.4. The molecule has 0 aliphatic rings. The second-order valence-corrected chi connectivity index (χ2v) is 27.3. The van der Waals surface area contributed by atoms with Crippen LogP contribution in [0.15, 0.2) is 243 Å². The van der Waals surface area contributed by atoms with Crippen LogP contribution in [0.4, 0.5) is 0 Å². The maximum Gasteiger partial charge on any atom is 0.530 e. The molecule has 6 nitrogen and oxygen atoms in total. The van der Waals surface area contributed by atoms with Crippen molar-refractivity contribution in [2.75, 3.05) is 0 Å². The van der Waals surface area contributed by atoms with Gasteiger partial charge in [0.15, 0.2) is 0 Å². The molecular weight excluding hydrogens is 1070 g/mol. The van der Waals surface area contributed by atoms with Crippen molar-refractivity contribution < 1.29 is 27.1 Å². The molecule has 0 unspecified atom stereocenters. The van der Waals surface area contributed by atoms with E-state index in [1.165, 1.54) is 0 Å². The minimum Gasteiger partial charge on any atom is -0.409 e. The molecule has 0 bridgehead atoms. The summed E-state index contributed by atoms with van der Waals surface area (Å²) >= 11 is 0. The largest absolute Gasteiger partial charge is 0.530 e. The lowest BCUT2D eigenvalue weighted by Crippen LogP contribution is -2.20. The molecule has 426 valence electrons. The fourth-order valence-corrected chi connectivity index (χ4v) is 11.9. The topological polar surface area (TPSA) is 55.4 Å². The van der Waals surface area contributed by atoms with Crippen molar-refractivity contribution in [1.82, 2.24) is 0 Å². The van der Waals surface area contributed by atoms with Crippen LogP contribution in [0.25, 0.3) is 55.6 Å². The predicted octanol–water partition coefficient (Wildman–Crippen LogP) is 22.7. The van der Waals surface area contributed by atoms with E-state index >= 15 is 0 Å². The Labute approximate surface area is 501 Å². The first-order valence-electron chi connectivity index (χ1n) is 28.8. The van der Waals surface area contributed by atoms with Crippen molar-refractivity contribution >= 4 is 17.2 Å². The van der Waals surface area contributed by atoms with Gasteiger partial charge in [-0.2, -0.15) is 0 Å². The Bertz CT molecular complexity index is 3340. The van der Waals surface area contributed by atoms with Crippen LogP contribution in [0.1, 0.15) is 105 Å². The van der Waals surface area contributed by atoms with Crippen molar-refractivity contribution in [2.24, 2.45) is 0 Å². The summed E-state index contributed by atoms with van der Waals surface area (Å²) < 4.78 is 43.1. The average molecular weight is 1150 g/mol.